The molecule has 0 saturated carbocycles. The van der Waals surface area contributed by atoms with Gasteiger partial charge in [-0.3, -0.25) is 13.9 Å². The summed E-state index contributed by atoms with van der Waals surface area (Å²) < 4.78 is 4.72. The summed E-state index contributed by atoms with van der Waals surface area (Å²) in [7, 11) is 3.23. The Bertz CT molecular complexity index is 1300. The number of aryl methyl sites for hydroxylation is 3. The number of rotatable bonds is 3. The van der Waals surface area contributed by atoms with Crippen LogP contribution in [0.5, 0.6) is 0 Å². The Balaban J connectivity index is 2.16. The first-order valence-electron chi connectivity index (χ1n) is 9.39. The summed E-state index contributed by atoms with van der Waals surface area (Å²) in [6.07, 6.45) is 2.85. The maximum absolute atomic E-state index is 13.1. The number of aromatic nitrogens is 3. The normalized spacial score (nSPS) is 11.3. The Kier molecular flexibility index (Phi) is 4.30. The first-order valence-corrected chi connectivity index (χ1v) is 9.39. The van der Waals surface area contributed by atoms with Crippen LogP contribution in [-0.2, 0) is 20.5 Å². The van der Waals surface area contributed by atoms with E-state index >= 15 is 0 Å². The lowest BCUT2D eigenvalue weighted by molar-refractivity contribution is 0.714. The number of benzene rings is 2. The van der Waals surface area contributed by atoms with Gasteiger partial charge in [0, 0.05) is 26.0 Å². The second-order valence-corrected chi connectivity index (χ2v) is 7.20. The zero-order valence-electron chi connectivity index (χ0n) is 16.6. The smallest absolute Gasteiger partial charge is 0.314 e. The van der Waals surface area contributed by atoms with Crippen LogP contribution in [0.4, 0.5) is 0 Å². The Labute approximate surface area is 163 Å². The van der Waals surface area contributed by atoms with Crippen molar-refractivity contribution in [3.8, 4) is 16.9 Å². The SMILES string of the molecule is CCc1ccc(-n2cc3c(c2-c2cccc(C)c2)c(=O)n(C)c(=O)n3C)cc1. The van der Waals surface area contributed by atoms with Gasteiger partial charge in [-0.15, -0.1) is 0 Å². The third-order valence-electron chi connectivity index (χ3n) is 5.35. The van der Waals surface area contributed by atoms with Crippen molar-refractivity contribution in [2.75, 3.05) is 0 Å². The second-order valence-electron chi connectivity index (χ2n) is 7.20. The number of nitrogens with zero attached hydrogens (tertiary/aromatic N) is 3. The van der Waals surface area contributed by atoms with E-state index in [1.165, 1.54) is 21.7 Å². The van der Waals surface area contributed by atoms with Crippen molar-refractivity contribution < 1.29 is 0 Å². The summed E-state index contributed by atoms with van der Waals surface area (Å²) in [5, 5.41) is 0.551. The quantitative estimate of drug-likeness (QED) is 0.551. The van der Waals surface area contributed by atoms with E-state index in [1.807, 2.05) is 35.9 Å². The molecule has 0 amide bonds. The van der Waals surface area contributed by atoms with Crippen LogP contribution in [0.1, 0.15) is 18.1 Å². The maximum Gasteiger partial charge on any atom is 0.330 e. The molecule has 0 fully saturated rings. The molecule has 28 heavy (non-hydrogen) atoms. The van der Waals surface area contributed by atoms with E-state index in [-0.39, 0.29) is 11.2 Å². The van der Waals surface area contributed by atoms with Crippen LogP contribution in [0.15, 0.2) is 64.3 Å². The first kappa shape index (κ1) is 18.0. The van der Waals surface area contributed by atoms with Crippen LogP contribution < -0.4 is 11.2 Å². The van der Waals surface area contributed by atoms with Crippen molar-refractivity contribution in [3.63, 3.8) is 0 Å². The van der Waals surface area contributed by atoms with Crippen molar-refractivity contribution in [3.05, 3.63) is 86.7 Å². The van der Waals surface area contributed by atoms with E-state index in [9.17, 15) is 9.59 Å². The highest BCUT2D eigenvalue weighted by atomic mass is 16.2. The summed E-state index contributed by atoms with van der Waals surface area (Å²) in [6.45, 7) is 4.15. The largest absolute Gasteiger partial charge is 0.330 e. The van der Waals surface area contributed by atoms with Crippen LogP contribution >= 0.6 is 0 Å². The van der Waals surface area contributed by atoms with E-state index in [0.717, 1.165) is 28.9 Å². The summed E-state index contributed by atoms with van der Waals surface area (Å²) >= 11 is 0. The summed E-state index contributed by atoms with van der Waals surface area (Å²) in [5.74, 6) is 0. The summed E-state index contributed by atoms with van der Waals surface area (Å²) in [4.78, 5) is 25.5. The predicted octanol–water partition coefficient (Wildman–Crippen LogP) is 3.57. The molecule has 2 aromatic heterocycles. The number of hydrogen-bond donors (Lipinski definition) is 0. The number of hydrogen-bond acceptors (Lipinski definition) is 2. The van der Waals surface area contributed by atoms with E-state index in [4.69, 9.17) is 0 Å². The molecule has 0 unspecified atom stereocenters. The monoisotopic (exact) mass is 373 g/mol. The molecule has 0 bridgehead atoms. The van der Waals surface area contributed by atoms with Crippen LogP contribution in [0.25, 0.3) is 27.8 Å². The Hall–Kier alpha value is -3.34. The minimum atomic E-state index is -0.327. The zero-order valence-corrected chi connectivity index (χ0v) is 16.6. The van der Waals surface area contributed by atoms with Gasteiger partial charge in [-0.25, -0.2) is 4.79 Å². The fourth-order valence-electron chi connectivity index (χ4n) is 3.71. The molecular formula is C23H23N3O2. The van der Waals surface area contributed by atoms with Gasteiger partial charge >= 0.3 is 5.69 Å². The third-order valence-corrected chi connectivity index (χ3v) is 5.35. The molecule has 0 atom stereocenters. The van der Waals surface area contributed by atoms with Gasteiger partial charge in [0.1, 0.15) is 0 Å². The van der Waals surface area contributed by atoms with E-state index in [0.29, 0.717) is 10.9 Å². The van der Waals surface area contributed by atoms with Gasteiger partial charge in [0.2, 0.25) is 0 Å². The molecule has 2 heterocycles. The molecule has 5 nitrogen and oxygen atoms in total. The molecule has 0 aliphatic heterocycles. The third kappa shape index (κ3) is 2.71. The molecule has 5 heteroatoms. The molecule has 0 N–H and O–H groups in total. The fraction of sp³-hybridized carbons (Fsp3) is 0.217. The van der Waals surface area contributed by atoms with Crippen LogP contribution in [-0.4, -0.2) is 13.7 Å². The van der Waals surface area contributed by atoms with Crippen molar-refractivity contribution >= 4 is 10.9 Å². The van der Waals surface area contributed by atoms with E-state index in [2.05, 4.69) is 37.3 Å². The average molecular weight is 373 g/mol. The minimum absolute atomic E-state index is 0.279. The Morgan fingerprint density at radius 1 is 0.929 bits per heavy atom. The lowest BCUT2D eigenvalue weighted by atomic mass is 10.1. The van der Waals surface area contributed by atoms with Crippen molar-refractivity contribution in [1.82, 2.24) is 13.7 Å². The summed E-state index contributed by atoms with van der Waals surface area (Å²) in [5.41, 5.74) is 5.10. The van der Waals surface area contributed by atoms with Gasteiger partial charge in [-0.1, -0.05) is 42.8 Å². The van der Waals surface area contributed by atoms with Gasteiger partial charge in [-0.05, 0) is 42.7 Å². The topological polar surface area (TPSA) is 48.9 Å². The van der Waals surface area contributed by atoms with Crippen molar-refractivity contribution in [1.29, 1.82) is 0 Å². The molecule has 4 rings (SSSR count). The highest BCUT2D eigenvalue weighted by molar-refractivity contribution is 5.94. The van der Waals surface area contributed by atoms with Crippen LogP contribution in [0.2, 0.25) is 0 Å². The first-order chi connectivity index (χ1) is 13.4. The standard InChI is InChI=1S/C23H23N3O2/c1-5-16-9-11-18(12-10-16)26-14-19-20(22(27)25(4)23(28)24(19)3)21(26)17-8-6-7-15(2)13-17/h6-14H,5H2,1-4H3. The molecule has 0 radical (unpaired) electrons. The maximum atomic E-state index is 13.1. The van der Waals surface area contributed by atoms with Crippen molar-refractivity contribution in [2.24, 2.45) is 14.1 Å². The predicted molar refractivity (Wildman–Crippen MR) is 113 cm³/mol. The Morgan fingerprint density at radius 3 is 2.29 bits per heavy atom. The highest BCUT2D eigenvalue weighted by Gasteiger charge is 2.20. The van der Waals surface area contributed by atoms with Crippen LogP contribution in [0, 0.1) is 6.92 Å². The highest BCUT2D eigenvalue weighted by Crippen LogP contribution is 2.31. The van der Waals surface area contributed by atoms with E-state index in [1.54, 1.807) is 7.05 Å². The fourth-order valence-corrected chi connectivity index (χ4v) is 3.71. The van der Waals surface area contributed by atoms with Gasteiger partial charge < -0.3 is 4.57 Å². The molecule has 2 aromatic carbocycles. The second kappa shape index (κ2) is 6.68. The average Bonchev–Trinajstić information content (AvgIpc) is 3.11. The molecule has 0 spiro atoms. The Morgan fingerprint density at radius 2 is 1.64 bits per heavy atom. The van der Waals surface area contributed by atoms with Gasteiger partial charge in [0.15, 0.2) is 0 Å². The molecule has 0 aliphatic carbocycles. The molecular weight excluding hydrogens is 350 g/mol. The van der Waals surface area contributed by atoms with Gasteiger partial charge in [0.25, 0.3) is 5.56 Å². The molecule has 142 valence electrons. The molecule has 0 saturated heterocycles. The van der Waals surface area contributed by atoms with Crippen LogP contribution in [0.3, 0.4) is 0 Å². The van der Waals surface area contributed by atoms with Gasteiger partial charge in [-0.2, -0.15) is 0 Å². The molecule has 0 aliphatic rings. The van der Waals surface area contributed by atoms with Gasteiger partial charge in [0.05, 0.1) is 16.6 Å². The minimum Gasteiger partial charge on any atom is -0.314 e. The summed E-state index contributed by atoms with van der Waals surface area (Å²) in [6, 6.07) is 16.4. The lowest BCUT2D eigenvalue weighted by Crippen LogP contribution is -2.36. The lowest BCUT2D eigenvalue weighted by Gasteiger charge is -2.11. The zero-order chi connectivity index (χ0) is 20.0. The van der Waals surface area contributed by atoms with E-state index < -0.39 is 0 Å². The number of fused-ring (bicyclic) bond motifs is 1. The van der Waals surface area contributed by atoms with Crippen molar-refractivity contribution in [2.45, 2.75) is 20.3 Å². The molecule has 4 aromatic rings.